The molecule has 25 heavy (non-hydrogen) atoms. The number of carbonyl (C=O) groups is 1. The molecule has 2 fully saturated rings. The van der Waals surface area contributed by atoms with Crippen LogP contribution in [0.25, 0.3) is 0 Å². The van der Waals surface area contributed by atoms with Crippen molar-refractivity contribution in [2.45, 2.75) is 30.9 Å². The summed E-state index contributed by atoms with van der Waals surface area (Å²) in [4.78, 5) is 26.7. The molecule has 1 N–H and O–H groups in total. The lowest BCUT2D eigenvalue weighted by molar-refractivity contribution is -0.0721. The van der Waals surface area contributed by atoms with Crippen molar-refractivity contribution in [3.63, 3.8) is 0 Å². The van der Waals surface area contributed by atoms with Gasteiger partial charge in [0.25, 0.3) is 5.91 Å². The van der Waals surface area contributed by atoms with Gasteiger partial charge in [0.2, 0.25) is 0 Å². The van der Waals surface area contributed by atoms with Gasteiger partial charge in [-0.05, 0) is 37.5 Å². The lowest BCUT2D eigenvalue weighted by atomic mass is 9.89. The van der Waals surface area contributed by atoms with Gasteiger partial charge in [0.05, 0.1) is 12.1 Å². The molecule has 4 heterocycles. The van der Waals surface area contributed by atoms with Gasteiger partial charge in [0.15, 0.2) is 0 Å². The van der Waals surface area contributed by atoms with Crippen molar-refractivity contribution in [3.8, 4) is 0 Å². The number of pyridine rings is 1. The highest BCUT2D eigenvalue weighted by atomic mass is 16.5. The molecule has 7 nitrogen and oxygen atoms in total. The molecular formula is C18H21N5O2. The number of carbonyl (C=O) groups excluding carboxylic acids is 1. The third-order valence-electron chi connectivity index (χ3n) is 4.91. The lowest BCUT2D eigenvalue weighted by Crippen LogP contribution is -2.47. The smallest absolute Gasteiger partial charge is 0.272 e. The SMILES string of the molecule is O=C(c1ccncn1)N1CC[C@]2(C[C@@H](Nc3ccccn3)CCO2)C1. The van der Waals surface area contributed by atoms with Crippen LogP contribution in [0.5, 0.6) is 0 Å². The van der Waals surface area contributed by atoms with E-state index >= 15 is 0 Å². The molecule has 0 bridgehead atoms. The first-order valence-electron chi connectivity index (χ1n) is 8.61. The number of anilines is 1. The predicted octanol–water partition coefficient (Wildman–Crippen LogP) is 1.75. The lowest BCUT2D eigenvalue weighted by Gasteiger charge is -2.38. The molecule has 2 saturated heterocycles. The van der Waals surface area contributed by atoms with Crippen LogP contribution < -0.4 is 5.32 Å². The van der Waals surface area contributed by atoms with Crippen LogP contribution in [0.1, 0.15) is 29.8 Å². The van der Waals surface area contributed by atoms with Crippen LogP contribution in [0.15, 0.2) is 43.0 Å². The highest BCUT2D eigenvalue weighted by Gasteiger charge is 2.45. The van der Waals surface area contributed by atoms with Gasteiger partial charge in [-0.15, -0.1) is 0 Å². The number of amides is 1. The Morgan fingerprint density at radius 2 is 2.24 bits per heavy atom. The van der Waals surface area contributed by atoms with E-state index in [4.69, 9.17) is 4.74 Å². The van der Waals surface area contributed by atoms with E-state index < -0.39 is 0 Å². The Balaban J connectivity index is 1.41. The molecule has 0 saturated carbocycles. The van der Waals surface area contributed by atoms with Gasteiger partial charge in [0, 0.05) is 31.6 Å². The molecule has 2 aromatic rings. The number of nitrogens with zero attached hydrogens (tertiary/aromatic N) is 4. The molecule has 2 atom stereocenters. The summed E-state index contributed by atoms with van der Waals surface area (Å²) in [5.41, 5.74) is 0.166. The fourth-order valence-electron chi connectivity index (χ4n) is 3.69. The van der Waals surface area contributed by atoms with Crippen molar-refractivity contribution in [2.24, 2.45) is 0 Å². The Labute approximate surface area is 146 Å². The van der Waals surface area contributed by atoms with E-state index in [1.807, 2.05) is 23.1 Å². The van der Waals surface area contributed by atoms with E-state index in [-0.39, 0.29) is 11.5 Å². The topological polar surface area (TPSA) is 80.2 Å². The summed E-state index contributed by atoms with van der Waals surface area (Å²) in [6.07, 6.45) is 7.45. The van der Waals surface area contributed by atoms with Crippen LogP contribution in [-0.2, 0) is 4.74 Å². The molecule has 1 amide bonds. The van der Waals surface area contributed by atoms with E-state index in [0.717, 1.165) is 25.1 Å². The van der Waals surface area contributed by atoms with Crippen molar-refractivity contribution in [2.75, 3.05) is 25.0 Å². The third kappa shape index (κ3) is 3.46. The third-order valence-corrected chi connectivity index (χ3v) is 4.91. The van der Waals surface area contributed by atoms with Gasteiger partial charge in [-0.3, -0.25) is 4.79 Å². The van der Waals surface area contributed by atoms with Crippen LogP contribution >= 0.6 is 0 Å². The molecule has 2 aliphatic rings. The number of aromatic nitrogens is 3. The minimum Gasteiger partial charge on any atom is -0.373 e. The van der Waals surface area contributed by atoms with E-state index in [1.165, 1.54) is 6.33 Å². The van der Waals surface area contributed by atoms with Crippen molar-refractivity contribution in [3.05, 3.63) is 48.7 Å². The van der Waals surface area contributed by atoms with Crippen molar-refractivity contribution in [1.29, 1.82) is 0 Å². The minimum absolute atomic E-state index is 0.0531. The largest absolute Gasteiger partial charge is 0.373 e. The molecule has 0 aromatic carbocycles. The van der Waals surface area contributed by atoms with Crippen molar-refractivity contribution >= 4 is 11.7 Å². The maximum atomic E-state index is 12.6. The first-order valence-corrected chi connectivity index (χ1v) is 8.61. The van der Waals surface area contributed by atoms with Crippen LogP contribution in [-0.4, -0.2) is 57.1 Å². The van der Waals surface area contributed by atoms with E-state index in [0.29, 0.717) is 31.4 Å². The summed E-state index contributed by atoms with van der Waals surface area (Å²) in [5.74, 6) is 0.833. The quantitative estimate of drug-likeness (QED) is 0.918. The Hall–Kier alpha value is -2.54. The van der Waals surface area contributed by atoms with Gasteiger partial charge in [-0.25, -0.2) is 15.0 Å². The average Bonchev–Trinajstić information content (AvgIpc) is 3.06. The van der Waals surface area contributed by atoms with Gasteiger partial charge < -0.3 is 15.0 Å². The normalized spacial score (nSPS) is 25.9. The van der Waals surface area contributed by atoms with E-state index in [1.54, 1.807) is 18.5 Å². The first-order chi connectivity index (χ1) is 12.2. The standard InChI is InChI=1S/C18H21N5O2/c24-17(15-4-8-19-13-21-15)23-9-6-18(12-23)11-14(5-10-25-18)22-16-3-1-2-7-20-16/h1-4,7-8,13-14H,5-6,9-12H2,(H,20,22)/t14-,18-/m0/s1. The number of rotatable bonds is 3. The van der Waals surface area contributed by atoms with Crippen LogP contribution in [0, 0.1) is 0 Å². The summed E-state index contributed by atoms with van der Waals surface area (Å²) < 4.78 is 6.12. The van der Waals surface area contributed by atoms with Crippen LogP contribution in [0.2, 0.25) is 0 Å². The van der Waals surface area contributed by atoms with E-state index in [2.05, 4.69) is 20.3 Å². The molecule has 2 aromatic heterocycles. The van der Waals surface area contributed by atoms with E-state index in [9.17, 15) is 4.79 Å². The average molecular weight is 339 g/mol. The zero-order chi connectivity index (χ0) is 17.1. The van der Waals surface area contributed by atoms with Gasteiger partial charge in [0.1, 0.15) is 17.8 Å². The predicted molar refractivity (Wildman–Crippen MR) is 92.1 cm³/mol. The molecule has 0 radical (unpaired) electrons. The number of likely N-dealkylation sites (tertiary alicyclic amines) is 1. The summed E-state index contributed by atoms with van der Waals surface area (Å²) in [6.45, 7) is 2.00. The zero-order valence-corrected chi connectivity index (χ0v) is 14.0. The Morgan fingerprint density at radius 1 is 1.28 bits per heavy atom. The first kappa shape index (κ1) is 16.0. The maximum absolute atomic E-state index is 12.6. The highest BCUT2D eigenvalue weighted by Crippen LogP contribution is 2.35. The molecule has 130 valence electrons. The number of hydrogen-bond donors (Lipinski definition) is 1. The van der Waals surface area contributed by atoms with Crippen LogP contribution in [0.3, 0.4) is 0 Å². The number of nitrogens with one attached hydrogen (secondary N) is 1. The monoisotopic (exact) mass is 339 g/mol. The summed E-state index contributed by atoms with van der Waals surface area (Å²) >= 11 is 0. The number of hydrogen-bond acceptors (Lipinski definition) is 6. The summed E-state index contributed by atoms with van der Waals surface area (Å²) in [7, 11) is 0. The second-order valence-corrected chi connectivity index (χ2v) is 6.65. The molecular weight excluding hydrogens is 318 g/mol. The summed E-state index contributed by atoms with van der Waals surface area (Å²) in [5, 5.41) is 3.49. The molecule has 0 unspecified atom stereocenters. The van der Waals surface area contributed by atoms with Crippen molar-refractivity contribution in [1.82, 2.24) is 19.9 Å². The molecule has 4 rings (SSSR count). The Kier molecular flexibility index (Phi) is 4.31. The van der Waals surface area contributed by atoms with Crippen molar-refractivity contribution < 1.29 is 9.53 Å². The summed E-state index contributed by atoms with van der Waals surface area (Å²) in [6, 6.07) is 7.81. The zero-order valence-electron chi connectivity index (χ0n) is 14.0. The van der Waals surface area contributed by atoms with Gasteiger partial charge in [-0.1, -0.05) is 6.07 Å². The molecule has 0 aliphatic carbocycles. The molecule has 2 aliphatic heterocycles. The van der Waals surface area contributed by atoms with Crippen LogP contribution in [0.4, 0.5) is 5.82 Å². The Bertz CT molecular complexity index is 727. The van der Waals surface area contributed by atoms with Gasteiger partial charge >= 0.3 is 0 Å². The fraction of sp³-hybridized carbons (Fsp3) is 0.444. The Morgan fingerprint density at radius 3 is 3.04 bits per heavy atom. The van der Waals surface area contributed by atoms with Gasteiger partial charge in [-0.2, -0.15) is 0 Å². The number of ether oxygens (including phenoxy) is 1. The fourth-order valence-corrected chi connectivity index (χ4v) is 3.69. The highest BCUT2D eigenvalue weighted by molar-refractivity contribution is 5.92. The molecule has 7 heteroatoms. The second-order valence-electron chi connectivity index (χ2n) is 6.65. The minimum atomic E-state index is -0.270. The second kappa shape index (κ2) is 6.76. The maximum Gasteiger partial charge on any atom is 0.272 e. The molecule has 1 spiro atoms.